The van der Waals surface area contributed by atoms with E-state index in [1.165, 1.54) is 12.3 Å². The zero-order chi connectivity index (χ0) is 21.3. The molecule has 2 aromatic carbocycles. The van der Waals surface area contributed by atoms with Gasteiger partial charge in [0.25, 0.3) is 5.91 Å². The van der Waals surface area contributed by atoms with Crippen LogP contribution < -0.4 is 11.1 Å². The molecule has 4 rings (SSSR count). The van der Waals surface area contributed by atoms with Gasteiger partial charge in [-0.05, 0) is 48.1 Å². The average Bonchev–Trinajstić information content (AvgIpc) is 3.44. The van der Waals surface area contributed by atoms with E-state index >= 15 is 0 Å². The van der Waals surface area contributed by atoms with Crippen molar-refractivity contribution >= 4 is 23.4 Å². The van der Waals surface area contributed by atoms with E-state index in [0.29, 0.717) is 21.8 Å². The van der Waals surface area contributed by atoms with Crippen molar-refractivity contribution in [1.82, 2.24) is 15.5 Å². The third-order valence-electron chi connectivity index (χ3n) is 5.16. The fourth-order valence-electron chi connectivity index (χ4n) is 3.60. The highest BCUT2D eigenvalue weighted by Crippen LogP contribution is 2.45. The Hall–Kier alpha value is -3.19. The minimum atomic E-state index is -0.681. The van der Waals surface area contributed by atoms with Crippen LogP contribution in [-0.4, -0.2) is 22.0 Å². The Morgan fingerprint density at radius 3 is 2.73 bits per heavy atom. The highest BCUT2D eigenvalue weighted by atomic mass is 35.5. The topological polar surface area (TPSA) is 101 Å². The molecule has 0 spiro atoms. The molecular weight excluding hydrogens is 407 g/mol. The number of hydrogen-bond acceptors (Lipinski definition) is 3. The van der Waals surface area contributed by atoms with Crippen LogP contribution in [0.25, 0.3) is 11.3 Å². The van der Waals surface area contributed by atoms with Gasteiger partial charge < -0.3 is 11.1 Å². The molecule has 6 nitrogen and oxygen atoms in total. The molecule has 1 aliphatic carbocycles. The van der Waals surface area contributed by atoms with Crippen molar-refractivity contribution in [3.63, 3.8) is 0 Å². The molecule has 1 atom stereocenters. The van der Waals surface area contributed by atoms with Crippen LogP contribution in [0, 0.1) is 5.82 Å². The second-order valence-corrected chi connectivity index (χ2v) is 7.82. The summed E-state index contributed by atoms with van der Waals surface area (Å²) in [6, 6.07) is 11.1. The first-order valence-electron chi connectivity index (χ1n) is 9.61. The number of hydrogen-bond donors (Lipinski definition) is 3. The maximum atomic E-state index is 14.7. The minimum Gasteiger partial charge on any atom is -0.370 e. The van der Waals surface area contributed by atoms with E-state index in [9.17, 15) is 14.0 Å². The lowest BCUT2D eigenvalue weighted by molar-refractivity contribution is -0.118. The van der Waals surface area contributed by atoms with E-state index in [0.717, 1.165) is 18.4 Å². The number of primary amides is 1. The molecule has 1 heterocycles. The summed E-state index contributed by atoms with van der Waals surface area (Å²) in [4.78, 5) is 24.6. The highest BCUT2D eigenvalue weighted by molar-refractivity contribution is 6.30. The van der Waals surface area contributed by atoms with E-state index in [1.807, 2.05) is 6.07 Å². The van der Waals surface area contributed by atoms with Crippen molar-refractivity contribution in [2.45, 2.75) is 31.2 Å². The van der Waals surface area contributed by atoms with E-state index in [1.54, 1.807) is 30.3 Å². The van der Waals surface area contributed by atoms with Crippen molar-refractivity contribution in [2.75, 3.05) is 0 Å². The first-order valence-corrected chi connectivity index (χ1v) is 9.98. The Kier molecular flexibility index (Phi) is 5.55. The molecular formula is C22H20ClFN4O2. The number of nitrogens with zero attached hydrogens (tertiary/aromatic N) is 1. The second kappa shape index (κ2) is 8.28. The van der Waals surface area contributed by atoms with Gasteiger partial charge in [-0.15, -0.1) is 0 Å². The lowest BCUT2D eigenvalue weighted by atomic mass is 9.97. The molecule has 1 fully saturated rings. The summed E-state index contributed by atoms with van der Waals surface area (Å²) in [5, 5.41) is 10.0. The van der Waals surface area contributed by atoms with Crippen LogP contribution in [0.2, 0.25) is 5.02 Å². The number of aromatic amines is 1. The lowest BCUT2D eigenvalue weighted by Gasteiger charge is -2.18. The summed E-state index contributed by atoms with van der Waals surface area (Å²) in [7, 11) is 0. The Bertz CT molecular complexity index is 1110. The van der Waals surface area contributed by atoms with Crippen LogP contribution in [0.1, 0.15) is 52.7 Å². The van der Waals surface area contributed by atoms with Gasteiger partial charge in [-0.1, -0.05) is 35.9 Å². The Morgan fingerprint density at radius 1 is 1.27 bits per heavy atom. The standard InChI is InChI=1S/C22H20ClFN4O2/c23-14-4-1-3-13(9-14)18(10-19(25)29)27-22(30)16-11-26-28-21(16)20-15(12-7-8-12)5-2-6-17(20)24/h1-6,9,11-12,18H,7-8,10H2,(H2,25,29)(H,26,28)(H,27,30)/t18-/m0/s1. The summed E-state index contributed by atoms with van der Waals surface area (Å²) < 4.78 is 14.7. The van der Waals surface area contributed by atoms with Crippen LogP contribution in [0.5, 0.6) is 0 Å². The van der Waals surface area contributed by atoms with E-state index in [-0.39, 0.29) is 17.9 Å². The number of carbonyl (C=O) groups is 2. The molecule has 1 aromatic heterocycles. The molecule has 0 unspecified atom stereocenters. The number of rotatable bonds is 7. The van der Waals surface area contributed by atoms with E-state index in [2.05, 4.69) is 15.5 Å². The van der Waals surface area contributed by atoms with Crippen molar-refractivity contribution in [3.8, 4) is 11.3 Å². The van der Waals surface area contributed by atoms with Crippen LogP contribution in [0.4, 0.5) is 4.39 Å². The Labute approximate surface area is 177 Å². The summed E-state index contributed by atoms with van der Waals surface area (Å²) in [6.07, 6.45) is 3.22. The molecule has 0 bridgehead atoms. The van der Waals surface area contributed by atoms with Gasteiger partial charge >= 0.3 is 0 Å². The van der Waals surface area contributed by atoms with Crippen molar-refractivity contribution < 1.29 is 14.0 Å². The van der Waals surface area contributed by atoms with Gasteiger partial charge in [-0.25, -0.2) is 4.39 Å². The van der Waals surface area contributed by atoms with Gasteiger partial charge in [-0.2, -0.15) is 5.10 Å². The predicted octanol–water partition coefficient (Wildman–Crippen LogP) is 4.09. The average molecular weight is 427 g/mol. The third-order valence-corrected chi connectivity index (χ3v) is 5.39. The molecule has 0 radical (unpaired) electrons. The molecule has 0 saturated heterocycles. The van der Waals surface area contributed by atoms with Crippen LogP contribution in [0.3, 0.4) is 0 Å². The van der Waals surface area contributed by atoms with E-state index in [4.69, 9.17) is 17.3 Å². The van der Waals surface area contributed by atoms with Gasteiger partial charge in [0, 0.05) is 10.6 Å². The zero-order valence-corrected chi connectivity index (χ0v) is 16.7. The molecule has 8 heteroatoms. The van der Waals surface area contributed by atoms with Gasteiger partial charge in [-0.3, -0.25) is 14.7 Å². The normalized spacial score (nSPS) is 14.3. The van der Waals surface area contributed by atoms with Gasteiger partial charge in [0.05, 0.1) is 29.9 Å². The molecule has 0 aliphatic heterocycles. The molecule has 4 N–H and O–H groups in total. The molecule has 30 heavy (non-hydrogen) atoms. The van der Waals surface area contributed by atoms with Gasteiger partial charge in [0.1, 0.15) is 5.82 Å². The summed E-state index contributed by atoms with van der Waals surface area (Å²) in [5.41, 5.74) is 7.74. The maximum absolute atomic E-state index is 14.7. The Morgan fingerprint density at radius 2 is 2.03 bits per heavy atom. The molecule has 154 valence electrons. The fourth-order valence-corrected chi connectivity index (χ4v) is 3.80. The predicted molar refractivity (Wildman–Crippen MR) is 111 cm³/mol. The quantitative estimate of drug-likeness (QED) is 0.530. The maximum Gasteiger partial charge on any atom is 0.255 e. The SMILES string of the molecule is NC(=O)C[C@H](NC(=O)c1cn[nH]c1-c1c(F)cccc1C1CC1)c1cccc(Cl)c1. The first-order chi connectivity index (χ1) is 14.4. The third kappa shape index (κ3) is 4.21. The number of H-pyrrole nitrogens is 1. The van der Waals surface area contributed by atoms with Gasteiger partial charge in [0.2, 0.25) is 5.91 Å². The molecule has 1 saturated carbocycles. The number of carbonyl (C=O) groups excluding carboxylic acids is 2. The van der Waals surface area contributed by atoms with Crippen LogP contribution in [0.15, 0.2) is 48.7 Å². The number of nitrogens with two attached hydrogens (primary N) is 1. The lowest BCUT2D eigenvalue weighted by Crippen LogP contribution is -2.32. The second-order valence-electron chi connectivity index (χ2n) is 7.39. The number of aromatic nitrogens is 2. The number of halogens is 2. The molecule has 3 aromatic rings. The number of amides is 2. The summed E-state index contributed by atoms with van der Waals surface area (Å²) in [6.45, 7) is 0. The smallest absolute Gasteiger partial charge is 0.255 e. The number of benzene rings is 2. The molecule has 2 amide bonds. The Balaban J connectivity index is 1.67. The monoisotopic (exact) mass is 426 g/mol. The largest absolute Gasteiger partial charge is 0.370 e. The van der Waals surface area contributed by atoms with Crippen LogP contribution in [-0.2, 0) is 4.79 Å². The minimum absolute atomic E-state index is 0.105. The molecule has 1 aliphatic rings. The number of nitrogens with one attached hydrogen (secondary N) is 2. The van der Waals surface area contributed by atoms with Crippen molar-refractivity contribution in [2.24, 2.45) is 5.73 Å². The van der Waals surface area contributed by atoms with Gasteiger partial charge in [0.15, 0.2) is 0 Å². The fraction of sp³-hybridized carbons (Fsp3) is 0.227. The van der Waals surface area contributed by atoms with E-state index < -0.39 is 23.7 Å². The summed E-state index contributed by atoms with van der Waals surface area (Å²) >= 11 is 6.05. The summed E-state index contributed by atoms with van der Waals surface area (Å²) in [5.74, 6) is -1.20. The van der Waals surface area contributed by atoms with Crippen LogP contribution >= 0.6 is 11.6 Å². The van der Waals surface area contributed by atoms with Crippen molar-refractivity contribution in [3.05, 3.63) is 76.2 Å². The first kappa shape index (κ1) is 20.1. The zero-order valence-electron chi connectivity index (χ0n) is 16.0. The highest BCUT2D eigenvalue weighted by Gasteiger charge is 2.30. The van der Waals surface area contributed by atoms with Crippen molar-refractivity contribution in [1.29, 1.82) is 0 Å².